The average Bonchev–Trinajstić information content (AvgIpc) is 2.91. The summed E-state index contributed by atoms with van der Waals surface area (Å²) in [7, 11) is 0. The minimum absolute atomic E-state index is 0.0676. The van der Waals surface area contributed by atoms with Crippen LogP contribution in [0.15, 0.2) is 64.5 Å². The van der Waals surface area contributed by atoms with E-state index < -0.39 is 0 Å². The summed E-state index contributed by atoms with van der Waals surface area (Å²) < 4.78 is 1.83. The van der Waals surface area contributed by atoms with Crippen LogP contribution in [0.4, 0.5) is 0 Å². The lowest BCUT2D eigenvalue weighted by Crippen LogP contribution is -2.43. The van der Waals surface area contributed by atoms with Crippen LogP contribution in [-0.4, -0.2) is 39.2 Å². The Balaban J connectivity index is 1.66. The number of amides is 1. The van der Waals surface area contributed by atoms with Crippen molar-refractivity contribution >= 4 is 17.7 Å². The van der Waals surface area contributed by atoms with Crippen molar-refractivity contribution in [2.75, 3.05) is 18.8 Å². The minimum atomic E-state index is -0.148. The summed E-state index contributed by atoms with van der Waals surface area (Å²) in [5.41, 5.74) is 5.08. The Kier molecular flexibility index (Phi) is 7.33. The highest BCUT2D eigenvalue weighted by Crippen LogP contribution is 2.48. The largest absolute Gasteiger partial charge is 0.343 e. The van der Waals surface area contributed by atoms with Crippen LogP contribution in [0.2, 0.25) is 0 Å². The molecule has 0 N–H and O–H groups in total. The Labute approximate surface area is 217 Å². The quantitative estimate of drug-likeness (QED) is 0.309. The fraction of sp³-hybridized carbons (Fsp3) is 0.433. The molecule has 1 heterocycles. The van der Waals surface area contributed by atoms with Crippen molar-refractivity contribution in [3.63, 3.8) is 0 Å². The third-order valence-electron chi connectivity index (χ3n) is 7.90. The lowest BCUT2D eigenvalue weighted by Gasteiger charge is -2.42. The molecule has 0 radical (unpaired) electrons. The maximum Gasteiger partial charge on any atom is 0.258 e. The molecular formula is C30H35N3O2S. The Bertz CT molecular complexity index is 1290. The summed E-state index contributed by atoms with van der Waals surface area (Å²) in [4.78, 5) is 34.3. The second-order valence-electron chi connectivity index (χ2n) is 10.0. The number of rotatable bonds is 7. The van der Waals surface area contributed by atoms with Crippen LogP contribution in [0, 0.1) is 0 Å². The molecule has 6 heteroatoms. The van der Waals surface area contributed by atoms with Crippen LogP contribution in [0.5, 0.6) is 0 Å². The summed E-state index contributed by atoms with van der Waals surface area (Å²) in [6.07, 6.45) is 6.49. The molecule has 0 bridgehead atoms. The lowest BCUT2D eigenvalue weighted by molar-refractivity contribution is -0.127. The maximum absolute atomic E-state index is 14.4. The number of thioether (sulfide) groups is 1. The molecule has 0 saturated heterocycles. The number of benzene rings is 2. The zero-order valence-corrected chi connectivity index (χ0v) is 22.2. The van der Waals surface area contributed by atoms with Gasteiger partial charge in [0.25, 0.3) is 5.56 Å². The molecule has 188 valence electrons. The molecule has 2 aromatic carbocycles. The van der Waals surface area contributed by atoms with Crippen molar-refractivity contribution in [2.45, 2.75) is 69.5 Å². The molecule has 36 heavy (non-hydrogen) atoms. The second-order valence-corrected chi connectivity index (χ2v) is 11.0. The maximum atomic E-state index is 14.4. The molecule has 3 aromatic rings. The van der Waals surface area contributed by atoms with Gasteiger partial charge in [-0.15, -0.1) is 0 Å². The van der Waals surface area contributed by atoms with E-state index in [1.807, 2.05) is 59.7 Å². The molecule has 2 aliphatic carbocycles. The average molecular weight is 502 g/mol. The SMILES string of the molecule is CCN(CC)C(=O)CSc1nc2c(c(=O)n1Cc1ccccc1)C1(CCCCC1)Cc1ccccc1-2. The molecule has 1 aromatic heterocycles. The molecule has 1 amide bonds. The molecule has 0 unspecified atom stereocenters. The van der Waals surface area contributed by atoms with Crippen molar-refractivity contribution in [3.8, 4) is 11.3 Å². The minimum Gasteiger partial charge on any atom is -0.343 e. The Morgan fingerprint density at radius 1 is 1.00 bits per heavy atom. The van der Waals surface area contributed by atoms with Gasteiger partial charge in [0.15, 0.2) is 5.16 Å². The van der Waals surface area contributed by atoms with Crippen LogP contribution in [-0.2, 0) is 23.2 Å². The Hall–Kier alpha value is -2.86. The van der Waals surface area contributed by atoms with Gasteiger partial charge in [-0.05, 0) is 44.2 Å². The van der Waals surface area contributed by atoms with E-state index >= 15 is 0 Å². The number of nitrogens with zero attached hydrogens (tertiary/aromatic N) is 3. The predicted molar refractivity (Wildman–Crippen MR) is 147 cm³/mol. The fourth-order valence-corrected chi connectivity index (χ4v) is 6.93. The van der Waals surface area contributed by atoms with Gasteiger partial charge in [0.1, 0.15) is 0 Å². The topological polar surface area (TPSA) is 55.2 Å². The van der Waals surface area contributed by atoms with Crippen LogP contribution in [0.1, 0.15) is 62.6 Å². The van der Waals surface area contributed by atoms with Gasteiger partial charge in [0.2, 0.25) is 5.91 Å². The highest BCUT2D eigenvalue weighted by Gasteiger charge is 2.43. The summed E-state index contributed by atoms with van der Waals surface area (Å²) in [6, 6.07) is 18.5. The molecular weight excluding hydrogens is 466 g/mol. The summed E-state index contributed by atoms with van der Waals surface area (Å²) in [5, 5.41) is 0.630. The van der Waals surface area contributed by atoms with Gasteiger partial charge in [-0.3, -0.25) is 14.2 Å². The monoisotopic (exact) mass is 501 g/mol. The smallest absolute Gasteiger partial charge is 0.258 e. The van der Waals surface area contributed by atoms with Gasteiger partial charge in [-0.25, -0.2) is 4.98 Å². The van der Waals surface area contributed by atoms with Gasteiger partial charge in [0, 0.05) is 24.1 Å². The number of fused-ring (bicyclic) bond motifs is 4. The van der Waals surface area contributed by atoms with Crippen molar-refractivity contribution in [2.24, 2.45) is 0 Å². The molecule has 1 saturated carbocycles. The zero-order valence-electron chi connectivity index (χ0n) is 21.3. The van der Waals surface area contributed by atoms with E-state index in [1.165, 1.54) is 23.7 Å². The normalized spacial score (nSPS) is 15.8. The van der Waals surface area contributed by atoms with E-state index in [1.54, 1.807) is 0 Å². The number of hydrogen-bond acceptors (Lipinski definition) is 4. The molecule has 5 rings (SSSR count). The van der Waals surface area contributed by atoms with Gasteiger partial charge in [-0.2, -0.15) is 0 Å². The first-order chi connectivity index (χ1) is 17.6. The Morgan fingerprint density at radius 2 is 1.69 bits per heavy atom. The molecule has 1 fully saturated rings. The summed E-state index contributed by atoms with van der Waals surface area (Å²) in [5.74, 6) is 0.349. The Morgan fingerprint density at radius 3 is 2.42 bits per heavy atom. The summed E-state index contributed by atoms with van der Waals surface area (Å²) >= 11 is 1.39. The van der Waals surface area contributed by atoms with Gasteiger partial charge < -0.3 is 4.90 Å². The van der Waals surface area contributed by atoms with Gasteiger partial charge in [0.05, 0.1) is 23.6 Å². The van der Waals surface area contributed by atoms with E-state index in [2.05, 4.69) is 18.2 Å². The lowest BCUT2D eigenvalue weighted by atomic mass is 9.62. The zero-order chi connectivity index (χ0) is 25.1. The van der Waals surface area contributed by atoms with E-state index in [9.17, 15) is 9.59 Å². The predicted octanol–water partition coefficient (Wildman–Crippen LogP) is 5.68. The highest BCUT2D eigenvalue weighted by molar-refractivity contribution is 7.99. The number of hydrogen-bond donors (Lipinski definition) is 0. The molecule has 5 nitrogen and oxygen atoms in total. The van der Waals surface area contributed by atoms with Crippen LogP contribution >= 0.6 is 11.8 Å². The standard InChI is InChI=1S/C30H35N3O2S/c1-3-32(4-2)25(34)21-36-29-31-27-24-16-10-9-15-23(24)19-30(17-11-6-12-18-30)26(27)28(35)33(29)20-22-13-7-5-8-14-22/h5,7-10,13-16H,3-4,6,11-12,17-21H2,1-2H3. The van der Waals surface area contributed by atoms with E-state index in [4.69, 9.17) is 4.98 Å². The number of carbonyl (C=O) groups excluding carboxylic acids is 1. The van der Waals surface area contributed by atoms with Crippen LogP contribution in [0.25, 0.3) is 11.3 Å². The van der Waals surface area contributed by atoms with E-state index in [0.717, 1.165) is 54.5 Å². The van der Waals surface area contributed by atoms with Gasteiger partial charge in [-0.1, -0.05) is 85.6 Å². The molecule has 0 atom stereocenters. The third-order valence-corrected chi connectivity index (χ3v) is 8.86. The first-order valence-corrected chi connectivity index (χ1v) is 14.2. The summed E-state index contributed by atoms with van der Waals surface area (Å²) in [6.45, 7) is 5.81. The van der Waals surface area contributed by atoms with E-state index in [0.29, 0.717) is 24.8 Å². The van der Waals surface area contributed by atoms with Crippen molar-refractivity contribution < 1.29 is 4.79 Å². The van der Waals surface area contributed by atoms with Crippen molar-refractivity contribution in [3.05, 3.63) is 81.6 Å². The first-order valence-electron chi connectivity index (χ1n) is 13.2. The molecule has 2 aliphatic rings. The molecule has 0 aliphatic heterocycles. The third kappa shape index (κ3) is 4.63. The highest BCUT2D eigenvalue weighted by atomic mass is 32.2. The number of aromatic nitrogens is 2. The van der Waals surface area contributed by atoms with Crippen molar-refractivity contribution in [1.29, 1.82) is 0 Å². The molecule has 1 spiro atoms. The second kappa shape index (κ2) is 10.6. The van der Waals surface area contributed by atoms with Crippen LogP contribution in [0.3, 0.4) is 0 Å². The van der Waals surface area contributed by atoms with Crippen molar-refractivity contribution in [1.82, 2.24) is 14.5 Å². The number of carbonyl (C=O) groups is 1. The van der Waals surface area contributed by atoms with Crippen LogP contribution < -0.4 is 5.56 Å². The fourth-order valence-electron chi connectivity index (χ4n) is 6.03. The first kappa shape index (κ1) is 24.8. The van der Waals surface area contributed by atoms with E-state index in [-0.39, 0.29) is 22.6 Å². The van der Waals surface area contributed by atoms with Gasteiger partial charge >= 0.3 is 0 Å².